The lowest BCUT2D eigenvalue weighted by Gasteiger charge is -2.42. The smallest absolute Gasteiger partial charge is 0.175 e. The van der Waals surface area contributed by atoms with E-state index in [0.29, 0.717) is 0 Å². The lowest BCUT2D eigenvalue weighted by Crippen LogP contribution is -2.62. The summed E-state index contributed by atoms with van der Waals surface area (Å²) in [7, 11) is -0.815. The Hall–Kier alpha value is 0.620. The highest BCUT2D eigenvalue weighted by Gasteiger charge is 2.72. The van der Waals surface area contributed by atoms with Crippen molar-refractivity contribution in [2.45, 2.75) is 24.4 Å². The van der Waals surface area contributed by atoms with Crippen LogP contribution in [0.2, 0.25) is 0 Å². The van der Waals surface area contributed by atoms with Crippen molar-refractivity contribution >= 4 is 41.6 Å². The van der Waals surface area contributed by atoms with Gasteiger partial charge in [0.25, 0.3) is 0 Å². The standard InChI is InChI=1S/C4F10N2S4/c5-1(6,7)3(11,12)15-16(18-20-19-17-15)4(13,14)2(8,9)10. The Morgan fingerprint density at radius 2 is 0.750 bits per heavy atom. The lowest BCUT2D eigenvalue weighted by atomic mass is 10.5. The third-order valence-electron chi connectivity index (χ3n) is 1.56. The Morgan fingerprint density at radius 3 is 0.950 bits per heavy atom. The van der Waals surface area contributed by atoms with Crippen LogP contribution >= 0.6 is 41.6 Å². The molecular formula is C4F10N2S4. The summed E-state index contributed by atoms with van der Waals surface area (Å²) in [5, 5.41) is 0. The molecule has 1 aliphatic heterocycles. The van der Waals surface area contributed by atoms with Gasteiger partial charge in [-0.3, -0.25) is 0 Å². The Balaban J connectivity index is 3.17. The summed E-state index contributed by atoms with van der Waals surface area (Å²) >= 11 is 0. The molecule has 1 heterocycles. The van der Waals surface area contributed by atoms with E-state index in [-0.39, 0.29) is 19.7 Å². The fourth-order valence-corrected chi connectivity index (χ4v) is 6.30. The average Bonchev–Trinajstić information content (AvgIpc) is 2.26. The number of alkyl halides is 10. The summed E-state index contributed by atoms with van der Waals surface area (Å²) in [4.78, 5) is 0. The predicted molar refractivity (Wildman–Crippen MR) is 56.0 cm³/mol. The summed E-state index contributed by atoms with van der Waals surface area (Å²) < 4.78 is 122. The molecule has 1 rings (SSSR count). The van der Waals surface area contributed by atoms with Crippen molar-refractivity contribution in [2.24, 2.45) is 0 Å². The molecule has 1 aliphatic rings. The van der Waals surface area contributed by atoms with E-state index in [0.717, 1.165) is 0 Å². The summed E-state index contributed by atoms with van der Waals surface area (Å²) in [6, 6.07) is -11.8. The average molecular weight is 394 g/mol. The van der Waals surface area contributed by atoms with Crippen molar-refractivity contribution in [3.8, 4) is 0 Å². The van der Waals surface area contributed by atoms with E-state index in [4.69, 9.17) is 0 Å². The molecule has 0 aliphatic carbocycles. The summed E-state index contributed by atoms with van der Waals surface area (Å²) in [6.07, 6.45) is -12.7. The van der Waals surface area contributed by atoms with Crippen LogP contribution in [-0.4, -0.2) is 33.3 Å². The molecule has 0 aromatic rings. The fourth-order valence-electron chi connectivity index (χ4n) is 0.682. The third kappa shape index (κ3) is 3.34. The molecule has 0 N–H and O–H groups in total. The van der Waals surface area contributed by atoms with Crippen molar-refractivity contribution in [1.82, 2.24) is 8.83 Å². The Bertz CT molecular complexity index is 320. The number of hydrogen-bond donors (Lipinski definition) is 0. The van der Waals surface area contributed by atoms with E-state index in [9.17, 15) is 43.9 Å². The molecule has 0 aromatic carbocycles. The Labute approximate surface area is 119 Å². The molecule has 20 heavy (non-hydrogen) atoms. The quantitative estimate of drug-likeness (QED) is 0.268. The van der Waals surface area contributed by atoms with Crippen LogP contribution in [0.25, 0.3) is 0 Å². The minimum Gasteiger partial charge on any atom is -0.175 e. The van der Waals surface area contributed by atoms with Gasteiger partial charge in [0.15, 0.2) is 0 Å². The molecule has 120 valence electrons. The molecule has 0 unspecified atom stereocenters. The van der Waals surface area contributed by atoms with E-state index in [1.54, 1.807) is 0 Å². The van der Waals surface area contributed by atoms with E-state index in [2.05, 4.69) is 0 Å². The summed E-state index contributed by atoms with van der Waals surface area (Å²) in [5.74, 6) is 0. The molecule has 0 bridgehead atoms. The maximum atomic E-state index is 13.0. The highest BCUT2D eigenvalue weighted by Crippen LogP contribution is 2.62. The summed E-state index contributed by atoms with van der Waals surface area (Å²) in [5.41, 5.74) is 0. The number of nitrogens with zero attached hydrogens (tertiary/aromatic N) is 2. The van der Waals surface area contributed by atoms with Gasteiger partial charge in [-0.2, -0.15) is 43.9 Å². The first-order valence-corrected chi connectivity index (χ1v) is 8.63. The minimum absolute atomic E-state index is 0.176. The number of hydrogen-bond acceptors (Lipinski definition) is 6. The molecule has 0 spiro atoms. The van der Waals surface area contributed by atoms with Crippen molar-refractivity contribution in [1.29, 1.82) is 0 Å². The van der Waals surface area contributed by atoms with Gasteiger partial charge >= 0.3 is 24.4 Å². The van der Waals surface area contributed by atoms with Crippen LogP contribution in [0, 0.1) is 0 Å². The third-order valence-corrected chi connectivity index (χ3v) is 7.38. The van der Waals surface area contributed by atoms with Gasteiger partial charge < -0.3 is 0 Å². The maximum absolute atomic E-state index is 13.0. The fraction of sp³-hybridized carbons (Fsp3) is 1.00. The molecular weight excluding hydrogens is 394 g/mol. The zero-order valence-corrected chi connectivity index (χ0v) is 11.6. The van der Waals surface area contributed by atoms with Gasteiger partial charge in [-0.1, -0.05) is 8.83 Å². The first-order chi connectivity index (χ1) is 8.73. The predicted octanol–water partition coefficient (Wildman–Crippen LogP) is 5.34. The van der Waals surface area contributed by atoms with Gasteiger partial charge in [-0.15, -0.1) is 0 Å². The molecule has 1 fully saturated rings. The largest absolute Gasteiger partial charge is 0.471 e. The molecule has 0 amide bonds. The molecule has 2 nitrogen and oxygen atoms in total. The zero-order chi connectivity index (χ0) is 16.0. The number of hydrazine groups is 1. The zero-order valence-electron chi connectivity index (χ0n) is 8.31. The molecule has 0 atom stereocenters. The van der Waals surface area contributed by atoms with Gasteiger partial charge in [0.05, 0.1) is 0 Å². The minimum atomic E-state index is -6.33. The van der Waals surface area contributed by atoms with Crippen LogP contribution in [0.5, 0.6) is 0 Å². The number of halogens is 10. The van der Waals surface area contributed by atoms with Gasteiger partial charge in [-0.05, 0) is 0 Å². The van der Waals surface area contributed by atoms with Crippen LogP contribution in [0.4, 0.5) is 43.9 Å². The highest BCUT2D eigenvalue weighted by molar-refractivity contribution is 9.26. The van der Waals surface area contributed by atoms with Gasteiger partial charge in [0, 0.05) is 41.6 Å². The Morgan fingerprint density at radius 1 is 0.500 bits per heavy atom. The molecule has 0 aromatic heterocycles. The Kier molecular flexibility index (Phi) is 5.30. The van der Waals surface area contributed by atoms with Crippen LogP contribution < -0.4 is 0 Å². The monoisotopic (exact) mass is 394 g/mol. The molecule has 0 saturated carbocycles. The topological polar surface area (TPSA) is 6.48 Å². The van der Waals surface area contributed by atoms with Crippen LogP contribution in [0.1, 0.15) is 0 Å². The second-order valence-corrected chi connectivity index (χ2v) is 8.33. The molecule has 0 radical (unpaired) electrons. The normalized spacial score (nSPS) is 21.3. The van der Waals surface area contributed by atoms with Crippen molar-refractivity contribution < 1.29 is 43.9 Å². The van der Waals surface area contributed by atoms with E-state index < -0.39 is 55.2 Å². The van der Waals surface area contributed by atoms with E-state index in [1.165, 1.54) is 0 Å². The first kappa shape index (κ1) is 18.7. The maximum Gasteiger partial charge on any atom is 0.471 e. The van der Waals surface area contributed by atoms with Crippen LogP contribution in [-0.2, 0) is 0 Å². The van der Waals surface area contributed by atoms with Crippen molar-refractivity contribution in [3.05, 3.63) is 0 Å². The van der Waals surface area contributed by atoms with Crippen LogP contribution in [0.3, 0.4) is 0 Å². The van der Waals surface area contributed by atoms with E-state index >= 15 is 0 Å². The lowest BCUT2D eigenvalue weighted by molar-refractivity contribution is -0.392. The van der Waals surface area contributed by atoms with Crippen LogP contribution in [0.15, 0.2) is 0 Å². The van der Waals surface area contributed by atoms with Gasteiger partial charge in [-0.25, -0.2) is 0 Å². The first-order valence-electron chi connectivity index (χ1n) is 3.90. The van der Waals surface area contributed by atoms with Gasteiger partial charge in [0.1, 0.15) is 0 Å². The summed E-state index contributed by atoms with van der Waals surface area (Å²) in [6.45, 7) is 0. The molecule has 1 saturated heterocycles. The second kappa shape index (κ2) is 5.68. The SMILES string of the molecule is FC(F)(F)C(F)(F)N1SSSSN1C(F)(F)C(F)(F)F. The second-order valence-electron chi connectivity index (χ2n) is 2.91. The van der Waals surface area contributed by atoms with E-state index in [1.807, 2.05) is 0 Å². The molecule has 16 heteroatoms. The highest BCUT2D eigenvalue weighted by atomic mass is 33.7. The number of rotatable bonds is 2. The van der Waals surface area contributed by atoms with Crippen molar-refractivity contribution in [3.63, 3.8) is 0 Å². The van der Waals surface area contributed by atoms with Gasteiger partial charge in [0.2, 0.25) is 0 Å². The van der Waals surface area contributed by atoms with Crippen molar-refractivity contribution in [2.75, 3.05) is 0 Å².